The quantitative estimate of drug-likeness (QED) is 0.774. The van der Waals surface area contributed by atoms with Crippen LogP contribution >= 0.6 is 27.3 Å². The van der Waals surface area contributed by atoms with Crippen LogP contribution in [0.4, 0.5) is 0 Å². The highest BCUT2D eigenvalue weighted by Gasteiger charge is 2.12. The molecular weight excluding hydrogens is 334 g/mol. The molecule has 20 heavy (non-hydrogen) atoms. The van der Waals surface area contributed by atoms with Crippen LogP contribution in [0.25, 0.3) is 11.3 Å². The lowest BCUT2D eigenvalue weighted by atomic mass is 10.2. The maximum atomic E-state index is 4.83. The maximum Gasteiger partial charge on any atom is 0.205 e. The molecule has 0 bridgehead atoms. The number of hydrogen-bond acceptors (Lipinski definition) is 3. The highest BCUT2D eigenvalue weighted by Crippen LogP contribution is 2.24. The van der Waals surface area contributed by atoms with Crippen molar-refractivity contribution in [3.63, 3.8) is 0 Å². The Labute approximate surface area is 130 Å². The topological polar surface area (TPSA) is 29.6 Å². The molecule has 1 aromatic heterocycles. The highest BCUT2D eigenvalue weighted by atomic mass is 79.9. The summed E-state index contributed by atoms with van der Waals surface area (Å²) in [5.41, 5.74) is 3.55. The van der Waals surface area contributed by atoms with Gasteiger partial charge in [0.2, 0.25) is 4.80 Å². The zero-order valence-electron chi connectivity index (χ0n) is 11.3. The molecule has 0 saturated heterocycles. The van der Waals surface area contributed by atoms with Crippen molar-refractivity contribution in [3.8, 4) is 11.3 Å². The Morgan fingerprint density at radius 2 is 2.05 bits per heavy atom. The molecule has 5 heteroatoms. The van der Waals surface area contributed by atoms with Gasteiger partial charge in [0.1, 0.15) is 0 Å². The van der Waals surface area contributed by atoms with Crippen LogP contribution in [-0.2, 0) is 0 Å². The zero-order chi connectivity index (χ0) is 13.9. The standard InChI is InChI=1S/C15H16BrN3S/c1-17-15-19(18-13-7-2-3-8-13)14(10-20-15)11-5-4-6-12(16)9-11/h4-6,9-10H,2-3,7-8H2,1H3. The Hall–Kier alpha value is -1.20. The maximum absolute atomic E-state index is 4.83. The van der Waals surface area contributed by atoms with Crippen molar-refractivity contribution in [3.05, 3.63) is 38.9 Å². The Balaban J connectivity index is 2.12. The summed E-state index contributed by atoms with van der Waals surface area (Å²) < 4.78 is 3.07. The van der Waals surface area contributed by atoms with Gasteiger partial charge in [-0.2, -0.15) is 5.10 Å². The van der Waals surface area contributed by atoms with Crippen molar-refractivity contribution in [2.75, 3.05) is 7.05 Å². The first kappa shape index (κ1) is 13.8. The van der Waals surface area contributed by atoms with Gasteiger partial charge in [-0.05, 0) is 37.8 Å². The van der Waals surface area contributed by atoms with E-state index in [-0.39, 0.29) is 0 Å². The Bertz CT molecular complexity index is 704. The third-order valence-electron chi connectivity index (χ3n) is 3.42. The molecule has 0 amide bonds. The number of nitrogens with zero attached hydrogens (tertiary/aromatic N) is 3. The van der Waals surface area contributed by atoms with E-state index in [1.165, 1.54) is 18.6 Å². The molecule has 1 aliphatic carbocycles. The van der Waals surface area contributed by atoms with Gasteiger partial charge in [-0.25, -0.2) is 4.68 Å². The average molecular weight is 350 g/mol. The van der Waals surface area contributed by atoms with E-state index in [0.29, 0.717) is 0 Å². The summed E-state index contributed by atoms with van der Waals surface area (Å²) in [5.74, 6) is 0. The van der Waals surface area contributed by atoms with Crippen molar-refractivity contribution in [2.24, 2.45) is 10.1 Å². The van der Waals surface area contributed by atoms with Crippen molar-refractivity contribution in [1.82, 2.24) is 4.68 Å². The predicted octanol–water partition coefficient (Wildman–Crippen LogP) is 4.29. The molecular formula is C15H16BrN3S. The molecule has 0 spiro atoms. The number of rotatable bonds is 2. The van der Waals surface area contributed by atoms with Gasteiger partial charge in [0, 0.05) is 28.2 Å². The lowest BCUT2D eigenvalue weighted by molar-refractivity contribution is 0.835. The predicted molar refractivity (Wildman–Crippen MR) is 88.2 cm³/mol. The van der Waals surface area contributed by atoms with Crippen molar-refractivity contribution >= 4 is 33.0 Å². The monoisotopic (exact) mass is 349 g/mol. The van der Waals surface area contributed by atoms with Crippen molar-refractivity contribution in [2.45, 2.75) is 25.7 Å². The third kappa shape index (κ3) is 2.79. The van der Waals surface area contributed by atoms with Crippen LogP contribution in [-0.4, -0.2) is 17.4 Å². The molecule has 1 aliphatic rings. The van der Waals surface area contributed by atoms with E-state index < -0.39 is 0 Å². The van der Waals surface area contributed by atoms with Gasteiger partial charge in [0.25, 0.3) is 0 Å². The van der Waals surface area contributed by atoms with Crippen LogP contribution in [0.2, 0.25) is 0 Å². The summed E-state index contributed by atoms with van der Waals surface area (Å²) in [6, 6.07) is 8.31. The summed E-state index contributed by atoms with van der Waals surface area (Å²) in [6.07, 6.45) is 4.75. The van der Waals surface area contributed by atoms with Gasteiger partial charge in [-0.3, -0.25) is 4.99 Å². The molecule has 3 rings (SSSR count). The van der Waals surface area contributed by atoms with E-state index in [9.17, 15) is 0 Å². The van der Waals surface area contributed by atoms with Gasteiger partial charge >= 0.3 is 0 Å². The minimum Gasteiger partial charge on any atom is -0.261 e. The first-order chi connectivity index (χ1) is 9.78. The molecule has 1 aromatic carbocycles. The van der Waals surface area contributed by atoms with Crippen LogP contribution in [0.15, 0.2) is 44.2 Å². The second kappa shape index (κ2) is 6.06. The van der Waals surface area contributed by atoms with Crippen molar-refractivity contribution in [1.29, 1.82) is 0 Å². The minimum absolute atomic E-state index is 0.944. The van der Waals surface area contributed by atoms with Crippen LogP contribution in [0.3, 0.4) is 0 Å². The van der Waals surface area contributed by atoms with E-state index in [0.717, 1.165) is 33.4 Å². The molecule has 0 atom stereocenters. The van der Waals surface area contributed by atoms with E-state index >= 15 is 0 Å². The van der Waals surface area contributed by atoms with Gasteiger partial charge < -0.3 is 0 Å². The van der Waals surface area contributed by atoms with E-state index in [1.54, 1.807) is 11.3 Å². The van der Waals surface area contributed by atoms with E-state index in [4.69, 9.17) is 5.10 Å². The first-order valence-electron chi connectivity index (χ1n) is 6.74. The summed E-state index contributed by atoms with van der Waals surface area (Å²) >= 11 is 5.17. The summed E-state index contributed by atoms with van der Waals surface area (Å²) in [4.78, 5) is 5.29. The fourth-order valence-electron chi connectivity index (χ4n) is 2.42. The van der Waals surface area contributed by atoms with Crippen LogP contribution in [0.1, 0.15) is 25.7 Å². The van der Waals surface area contributed by atoms with Gasteiger partial charge in [0.05, 0.1) is 5.69 Å². The lowest BCUT2D eigenvalue weighted by Crippen LogP contribution is -2.13. The number of benzene rings is 1. The number of aromatic nitrogens is 1. The van der Waals surface area contributed by atoms with Crippen LogP contribution in [0, 0.1) is 0 Å². The largest absolute Gasteiger partial charge is 0.261 e. The normalized spacial score (nSPS) is 15.9. The van der Waals surface area contributed by atoms with E-state index in [1.807, 2.05) is 23.9 Å². The second-order valence-corrected chi connectivity index (χ2v) is 6.57. The summed E-state index contributed by atoms with van der Waals surface area (Å²) in [6.45, 7) is 0. The summed E-state index contributed by atoms with van der Waals surface area (Å²) in [7, 11) is 1.82. The molecule has 1 fully saturated rings. The molecule has 2 aromatic rings. The number of hydrogen-bond donors (Lipinski definition) is 0. The molecule has 0 radical (unpaired) electrons. The molecule has 3 nitrogen and oxygen atoms in total. The third-order valence-corrected chi connectivity index (χ3v) is 4.82. The fourth-order valence-corrected chi connectivity index (χ4v) is 3.61. The lowest BCUT2D eigenvalue weighted by Gasteiger charge is -2.05. The van der Waals surface area contributed by atoms with Gasteiger partial charge in [-0.1, -0.05) is 28.1 Å². The molecule has 0 aliphatic heterocycles. The average Bonchev–Trinajstić information content (AvgIpc) is 3.08. The Morgan fingerprint density at radius 3 is 2.75 bits per heavy atom. The van der Waals surface area contributed by atoms with Crippen LogP contribution in [0.5, 0.6) is 0 Å². The first-order valence-corrected chi connectivity index (χ1v) is 8.41. The SMILES string of the molecule is CN=c1scc(-c2cccc(Br)c2)n1N=C1CCCC1. The molecule has 0 N–H and O–H groups in total. The smallest absolute Gasteiger partial charge is 0.205 e. The summed E-state index contributed by atoms with van der Waals surface area (Å²) in [5, 5.41) is 6.96. The number of thiazole rings is 1. The Morgan fingerprint density at radius 1 is 1.25 bits per heavy atom. The fraction of sp³-hybridized carbons (Fsp3) is 0.333. The van der Waals surface area contributed by atoms with Gasteiger partial charge in [0.15, 0.2) is 0 Å². The Kier molecular flexibility index (Phi) is 4.17. The minimum atomic E-state index is 0.944. The molecule has 0 unspecified atom stereocenters. The molecule has 1 heterocycles. The van der Waals surface area contributed by atoms with E-state index in [2.05, 4.69) is 38.4 Å². The van der Waals surface area contributed by atoms with Crippen LogP contribution < -0.4 is 4.80 Å². The van der Waals surface area contributed by atoms with Crippen molar-refractivity contribution < 1.29 is 0 Å². The highest BCUT2D eigenvalue weighted by molar-refractivity contribution is 9.10. The van der Waals surface area contributed by atoms with Gasteiger partial charge in [-0.15, -0.1) is 11.3 Å². The molecule has 1 saturated carbocycles. The molecule has 104 valence electrons. The number of halogens is 1. The zero-order valence-corrected chi connectivity index (χ0v) is 13.7. The second-order valence-electron chi connectivity index (χ2n) is 4.82.